The lowest BCUT2D eigenvalue weighted by Gasteiger charge is -2.21. The number of carboxylic acid groups (broad SMARTS) is 1. The molecule has 31 heavy (non-hydrogen) atoms. The Morgan fingerprint density at radius 2 is 1.42 bits per heavy atom. The van der Waals surface area contributed by atoms with Gasteiger partial charge in [-0.1, -0.05) is 78.9 Å². The molecule has 0 spiro atoms. The van der Waals surface area contributed by atoms with Gasteiger partial charge < -0.3 is 15.6 Å². The topological polar surface area (TPSA) is 89.6 Å². The summed E-state index contributed by atoms with van der Waals surface area (Å²) in [5.41, 5.74) is 11.6. The van der Waals surface area contributed by atoms with Crippen LogP contribution in [0.3, 0.4) is 0 Å². The number of aryl methyl sites for hydroxylation is 1. The number of hydrogen-bond donors (Lipinski definition) is 2. The maximum absolute atomic E-state index is 12.7. The molecule has 0 saturated carbocycles. The average molecular weight is 415 g/mol. The predicted molar refractivity (Wildman–Crippen MR) is 119 cm³/mol. The molecule has 3 aromatic rings. The van der Waals surface area contributed by atoms with E-state index in [-0.39, 0.29) is 12.5 Å². The highest BCUT2D eigenvalue weighted by atomic mass is 16.5. The fourth-order valence-electron chi connectivity index (χ4n) is 4.30. The van der Waals surface area contributed by atoms with Crippen molar-refractivity contribution in [3.63, 3.8) is 0 Å². The van der Waals surface area contributed by atoms with Crippen molar-refractivity contribution in [2.75, 3.05) is 6.61 Å². The van der Waals surface area contributed by atoms with Gasteiger partial charge in [-0.3, -0.25) is 9.59 Å². The normalized spacial score (nSPS) is 14.4. The Balaban J connectivity index is 1.44. The first-order valence-corrected chi connectivity index (χ1v) is 10.4. The second-order valence-corrected chi connectivity index (χ2v) is 7.86. The molecule has 3 N–H and O–H groups in total. The van der Waals surface area contributed by atoms with Crippen molar-refractivity contribution < 1.29 is 19.4 Å². The van der Waals surface area contributed by atoms with E-state index in [0.717, 1.165) is 27.8 Å². The molecule has 5 nitrogen and oxygen atoms in total. The van der Waals surface area contributed by atoms with E-state index in [9.17, 15) is 14.7 Å². The molecular weight excluding hydrogens is 390 g/mol. The minimum Gasteiger partial charge on any atom is -0.481 e. The van der Waals surface area contributed by atoms with Crippen LogP contribution in [0.15, 0.2) is 78.9 Å². The summed E-state index contributed by atoms with van der Waals surface area (Å²) in [6, 6.07) is 24.9. The number of benzene rings is 3. The number of carbonyl (C=O) groups is 2. The lowest BCUT2D eigenvalue weighted by molar-refractivity contribution is -0.159. The van der Waals surface area contributed by atoms with E-state index in [2.05, 4.69) is 12.1 Å². The summed E-state index contributed by atoms with van der Waals surface area (Å²) in [6.45, 7) is 0.0854. The maximum Gasteiger partial charge on any atom is 0.321 e. The van der Waals surface area contributed by atoms with Gasteiger partial charge in [-0.15, -0.1) is 0 Å². The van der Waals surface area contributed by atoms with Gasteiger partial charge in [-0.05, 0) is 40.7 Å². The van der Waals surface area contributed by atoms with Crippen LogP contribution in [0, 0.1) is 5.92 Å². The average Bonchev–Trinajstić information content (AvgIpc) is 3.11. The van der Waals surface area contributed by atoms with Gasteiger partial charge in [0.25, 0.3) is 0 Å². The van der Waals surface area contributed by atoms with Crippen LogP contribution in [0.1, 0.15) is 29.0 Å². The fraction of sp³-hybridized carbons (Fsp3) is 0.231. The molecule has 0 radical (unpaired) electrons. The number of fused-ring (bicyclic) bond motifs is 3. The summed E-state index contributed by atoms with van der Waals surface area (Å²) in [4.78, 5) is 24.5. The number of rotatable bonds is 8. The molecule has 0 aromatic heterocycles. The standard InChI is InChI=1S/C26H25NO4/c27-23(15-14-17-8-2-1-3-9-17)24(25(28)29)26(30)31-16-22-20-12-6-4-10-18(20)19-11-5-7-13-21(19)22/h1-13,22-24H,14-16,27H2,(H,28,29)/t23-,24+/m0/s1. The molecule has 0 aliphatic heterocycles. The Bertz CT molecular complexity index is 1030. The molecule has 2 atom stereocenters. The lowest BCUT2D eigenvalue weighted by Crippen LogP contribution is -2.42. The molecule has 0 bridgehead atoms. The molecule has 0 heterocycles. The largest absolute Gasteiger partial charge is 0.481 e. The Morgan fingerprint density at radius 1 is 0.871 bits per heavy atom. The smallest absolute Gasteiger partial charge is 0.321 e. The number of carbonyl (C=O) groups excluding carboxylic acids is 1. The van der Waals surface area contributed by atoms with E-state index in [1.807, 2.05) is 66.7 Å². The van der Waals surface area contributed by atoms with Gasteiger partial charge in [0, 0.05) is 12.0 Å². The summed E-state index contributed by atoms with van der Waals surface area (Å²) in [5.74, 6) is -3.55. The molecule has 0 amide bonds. The van der Waals surface area contributed by atoms with Crippen LogP contribution in [-0.4, -0.2) is 29.7 Å². The van der Waals surface area contributed by atoms with Crippen LogP contribution in [0.5, 0.6) is 0 Å². The lowest BCUT2D eigenvalue weighted by atomic mass is 9.94. The van der Waals surface area contributed by atoms with Crippen LogP contribution in [0.4, 0.5) is 0 Å². The van der Waals surface area contributed by atoms with Gasteiger partial charge >= 0.3 is 11.9 Å². The Morgan fingerprint density at radius 3 is 2.00 bits per heavy atom. The third kappa shape index (κ3) is 4.37. The van der Waals surface area contributed by atoms with E-state index < -0.39 is 23.9 Å². The Labute approximate surface area is 181 Å². The summed E-state index contributed by atoms with van der Waals surface area (Å²) >= 11 is 0. The van der Waals surface area contributed by atoms with Gasteiger partial charge in [-0.25, -0.2) is 0 Å². The molecule has 4 rings (SSSR count). The van der Waals surface area contributed by atoms with E-state index in [1.54, 1.807) is 0 Å². The van der Waals surface area contributed by atoms with E-state index >= 15 is 0 Å². The molecule has 1 aliphatic rings. The van der Waals surface area contributed by atoms with Gasteiger partial charge in [0.2, 0.25) is 0 Å². The molecule has 3 aromatic carbocycles. The fourth-order valence-corrected chi connectivity index (χ4v) is 4.30. The highest BCUT2D eigenvalue weighted by Gasteiger charge is 2.36. The first-order valence-electron chi connectivity index (χ1n) is 10.4. The number of nitrogens with two attached hydrogens (primary N) is 1. The zero-order chi connectivity index (χ0) is 21.8. The second kappa shape index (κ2) is 9.14. The maximum atomic E-state index is 12.7. The molecule has 5 heteroatoms. The summed E-state index contributed by atoms with van der Waals surface area (Å²) in [7, 11) is 0. The van der Waals surface area contributed by atoms with Gasteiger partial charge in [0.05, 0.1) is 0 Å². The summed E-state index contributed by atoms with van der Waals surface area (Å²) < 4.78 is 5.54. The molecule has 1 aliphatic carbocycles. The van der Waals surface area contributed by atoms with Crippen molar-refractivity contribution in [3.05, 3.63) is 95.6 Å². The number of carboxylic acids is 1. The summed E-state index contributed by atoms with van der Waals surface area (Å²) in [6.07, 6.45) is 0.980. The number of aliphatic carboxylic acids is 1. The van der Waals surface area contributed by atoms with Crippen molar-refractivity contribution in [3.8, 4) is 11.1 Å². The minimum atomic E-state index is -1.39. The quantitative estimate of drug-likeness (QED) is 0.429. The monoisotopic (exact) mass is 415 g/mol. The molecular formula is C26H25NO4. The van der Waals surface area contributed by atoms with E-state index in [1.165, 1.54) is 0 Å². The minimum absolute atomic E-state index is 0.0854. The third-order valence-electron chi connectivity index (χ3n) is 5.91. The first-order chi connectivity index (χ1) is 15.1. The van der Waals surface area contributed by atoms with Crippen molar-refractivity contribution in [2.45, 2.75) is 24.8 Å². The van der Waals surface area contributed by atoms with Crippen LogP contribution in [-0.2, 0) is 20.7 Å². The van der Waals surface area contributed by atoms with Gasteiger partial charge in [0.1, 0.15) is 6.61 Å². The van der Waals surface area contributed by atoms with E-state index in [4.69, 9.17) is 10.5 Å². The van der Waals surface area contributed by atoms with Crippen molar-refractivity contribution in [1.82, 2.24) is 0 Å². The third-order valence-corrected chi connectivity index (χ3v) is 5.91. The van der Waals surface area contributed by atoms with Gasteiger partial charge in [0.15, 0.2) is 5.92 Å². The second-order valence-electron chi connectivity index (χ2n) is 7.86. The first kappa shape index (κ1) is 20.8. The van der Waals surface area contributed by atoms with Crippen LogP contribution >= 0.6 is 0 Å². The zero-order valence-corrected chi connectivity index (χ0v) is 17.1. The van der Waals surface area contributed by atoms with Crippen molar-refractivity contribution in [2.24, 2.45) is 11.7 Å². The number of esters is 1. The van der Waals surface area contributed by atoms with Gasteiger partial charge in [-0.2, -0.15) is 0 Å². The molecule has 0 unspecified atom stereocenters. The Hall–Kier alpha value is -3.44. The van der Waals surface area contributed by atoms with Crippen molar-refractivity contribution in [1.29, 1.82) is 0 Å². The molecule has 0 saturated heterocycles. The van der Waals surface area contributed by atoms with Crippen LogP contribution in [0.2, 0.25) is 0 Å². The Kier molecular flexibility index (Phi) is 6.14. The predicted octanol–water partition coefficient (Wildman–Crippen LogP) is 4.00. The summed E-state index contributed by atoms with van der Waals surface area (Å²) in [5, 5.41) is 9.64. The number of ether oxygens (including phenoxy) is 1. The highest BCUT2D eigenvalue weighted by Crippen LogP contribution is 2.44. The van der Waals surface area contributed by atoms with E-state index in [0.29, 0.717) is 12.8 Å². The van der Waals surface area contributed by atoms with Crippen LogP contribution in [0.25, 0.3) is 11.1 Å². The zero-order valence-electron chi connectivity index (χ0n) is 17.1. The molecule has 158 valence electrons. The highest BCUT2D eigenvalue weighted by molar-refractivity contribution is 5.95. The van der Waals surface area contributed by atoms with Crippen molar-refractivity contribution >= 4 is 11.9 Å². The number of hydrogen-bond acceptors (Lipinski definition) is 4. The molecule has 0 fully saturated rings. The SMILES string of the molecule is N[C@@H](CCc1ccccc1)[C@H](C(=O)O)C(=O)OCC1c2ccccc2-c2ccccc21. The van der Waals surface area contributed by atoms with Crippen LogP contribution < -0.4 is 5.73 Å².